The van der Waals surface area contributed by atoms with Crippen molar-refractivity contribution < 1.29 is 9.13 Å². The fourth-order valence-corrected chi connectivity index (χ4v) is 5.62. The van der Waals surface area contributed by atoms with Gasteiger partial charge in [0.05, 0.1) is 13.2 Å². The molecule has 37 heavy (non-hydrogen) atoms. The fraction of sp³-hybridized carbons (Fsp3) is 0.481. The predicted molar refractivity (Wildman–Crippen MR) is 142 cm³/mol. The van der Waals surface area contributed by atoms with Crippen LogP contribution in [0.4, 0.5) is 10.2 Å². The molecule has 10 heteroatoms. The van der Waals surface area contributed by atoms with E-state index >= 15 is 0 Å². The summed E-state index contributed by atoms with van der Waals surface area (Å²) in [5, 5.41) is 0. The first-order chi connectivity index (χ1) is 18.1. The molecule has 1 unspecified atom stereocenters. The maximum Gasteiger partial charge on any atom is 0.320 e. The van der Waals surface area contributed by atoms with Gasteiger partial charge in [0, 0.05) is 50.1 Å². The lowest BCUT2D eigenvalue weighted by atomic mass is 10.0. The molecule has 2 N–H and O–H groups in total. The topological polar surface area (TPSA) is 97.7 Å². The van der Waals surface area contributed by atoms with Crippen LogP contribution in [0.1, 0.15) is 43.1 Å². The van der Waals surface area contributed by atoms with E-state index in [2.05, 4.69) is 49.0 Å². The van der Waals surface area contributed by atoms with Crippen LogP contribution in [0, 0.1) is 0 Å². The summed E-state index contributed by atoms with van der Waals surface area (Å²) in [5.74, 6) is 0.840. The number of benzene rings is 1. The number of rotatable bonds is 7. The molecule has 194 valence electrons. The van der Waals surface area contributed by atoms with Gasteiger partial charge in [-0.1, -0.05) is 24.3 Å². The Bertz CT molecular complexity index is 1330. The molecule has 3 saturated heterocycles. The zero-order chi connectivity index (χ0) is 25.4. The minimum atomic E-state index is -1.15. The molecule has 2 aromatic heterocycles. The summed E-state index contributed by atoms with van der Waals surface area (Å²) in [4.78, 5) is 22.9. The summed E-state index contributed by atoms with van der Waals surface area (Å²) >= 11 is 0. The number of aromatic nitrogens is 4. The smallest absolute Gasteiger partial charge is 0.320 e. The SMILES string of the molecule is CCOc1nc(N)c2nc(C3=CN=CC(F)C3)n(Cc3ccc(CN4CCN5CCC4CC5)cc3)c2n1. The minimum Gasteiger partial charge on any atom is -0.464 e. The van der Waals surface area contributed by atoms with Gasteiger partial charge in [-0.15, -0.1) is 0 Å². The van der Waals surface area contributed by atoms with Gasteiger partial charge >= 0.3 is 6.01 Å². The van der Waals surface area contributed by atoms with Gasteiger partial charge in [-0.25, -0.2) is 9.37 Å². The number of halogens is 1. The predicted octanol–water partition coefficient (Wildman–Crippen LogP) is 3.29. The van der Waals surface area contributed by atoms with Crippen LogP contribution in [-0.4, -0.2) is 80.5 Å². The fourth-order valence-electron chi connectivity index (χ4n) is 5.62. The van der Waals surface area contributed by atoms with Crippen molar-refractivity contribution in [1.29, 1.82) is 0 Å². The zero-order valence-corrected chi connectivity index (χ0v) is 21.2. The molecule has 3 aromatic rings. The molecule has 9 nitrogen and oxygen atoms in total. The largest absolute Gasteiger partial charge is 0.464 e. The number of alkyl halides is 1. The Morgan fingerprint density at radius 2 is 1.76 bits per heavy atom. The highest BCUT2D eigenvalue weighted by molar-refractivity contribution is 5.86. The van der Waals surface area contributed by atoms with Crippen molar-refractivity contribution >= 4 is 28.8 Å². The van der Waals surface area contributed by atoms with E-state index in [9.17, 15) is 4.39 Å². The summed E-state index contributed by atoms with van der Waals surface area (Å²) in [6, 6.07) is 9.63. The van der Waals surface area contributed by atoms with Crippen LogP contribution in [0.2, 0.25) is 0 Å². The highest BCUT2D eigenvalue weighted by atomic mass is 19.1. The molecule has 0 aliphatic carbocycles. The van der Waals surface area contributed by atoms with Crippen LogP contribution < -0.4 is 10.5 Å². The molecule has 4 aliphatic rings. The number of imidazole rings is 1. The van der Waals surface area contributed by atoms with Gasteiger partial charge in [-0.05, 0) is 44.0 Å². The Hall–Kier alpha value is -3.37. The van der Waals surface area contributed by atoms with Crippen LogP contribution in [0.15, 0.2) is 35.5 Å². The monoisotopic (exact) mass is 504 g/mol. The van der Waals surface area contributed by atoms with Crippen molar-refractivity contribution in [3.8, 4) is 6.01 Å². The summed E-state index contributed by atoms with van der Waals surface area (Å²) in [5.41, 5.74) is 10.4. The molecule has 3 fully saturated rings. The first-order valence-corrected chi connectivity index (χ1v) is 13.1. The van der Waals surface area contributed by atoms with Crippen molar-refractivity contribution in [2.24, 2.45) is 4.99 Å². The van der Waals surface area contributed by atoms with E-state index in [1.807, 2.05) is 11.5 Å². The van der Waals surface area contributed by atoms with Crippen LogP contribution in [0.3, 0.4) is 0 Å². The van der Waals surface area contributed by atoms with E-state index in [0.29, 0.717) is 41.8 Å². The van der Waals surface area contributed by atoms with Crippen LogP contribution >= 0.6 is 0 Å². The lowest BCUT2D eigenvalue weighted by Gasteiger charge is -2.31. The number of ether oxygens (including phenoxy) is 1. The highest BCUT2D eigenvalue weighted by Crippen LogP contribution is 2.30. The van der Waals surface area contributed by atoms with Crippen molar-refractivity contribution in [1.82, 2.24) is 29.3 Å². The second-order valence-corrected chi connectivity index (χ2v) is 10.1. The molecular weight excluding hydrogens is 471 g/mol. The van der Waals surface area contributed by atoms with E-state index < -0.39 is 6.17 Å². The van der Waals surface area contributed by atoms with Gasteiger partial charge in [-0.3, -0.25) is 9.89 Å². The van der Waals surface area contributed by atoms with E-state index in [1.54, 1.807) is 6.20 Å². The Kier molecular flexibility index (Phi) is 6.60. The lowest BCUT2D eigenvalue weighted by Crippen LogP contribution is -2.37. The maximum absolute atomic E-state index is 14.2. The van der Waals surface area contributed by atoms with Crippen molar-refractivity contribution in [2.45, 2.75) is 51.5 Å². The number of fused-ring (bicyclic) bond motifs is 5. The van der Waals surface area contributed by atoms with Gasteiger partial charge in [0.15, 0.2) is 17.0 Å². The number of hydrogen-bond donors (Lipinski definition) is 1. The molecule has 0 spiro atoms. The molecule has 0 radical (unpaired) electrons. The summed E-state index contributed by atoms with van der Waals surface area (Å²) in [7, 11) is 0. The highest BCUT2D eigenvalue weighted by Gasteiger charge is 2.29. The molecule has 6 heterocycles. The number of anilines is 1. The third kappa shape index (κ3) is 4.95. The van der Waals surface area contributed by atoms with E-state index in [1.165, 1.54) is 44.3 Å². The van der Waals surface area contributed by atoms with Gasteiger partial charge in [0.2, 0.25) is 0 Å². The molecule has 2 bridgehead atoms. The molecule has 0 saturated carbocycles. The van der Waals surface area contributed by atoms with Crippen LogP contribution in [-0.2, 0) is 13.1 Å². The molecule has 1 atom stereocenters. The van der Waals surface area contributed by atoms with Crippen molar-refractivity contribution in [3.05, 3.63) is 47.4 Å². The Labute approximate surface area is 215 Å². The second kappa shape index (κ2) is 10.2. The third-order valence-corrected chi connectivity index (χ3v) is 7.58. The number of hydrogen-bond acceptors (Lipinski definition) is 8. The summed E-state index contributed by atoms with van der Waals surface area (Å²) in [6.45, 7) is 8.53. The number of aliphatic imine (C=N–C) groups is 1. The van der Waals surface area contributed by atoms with Gasteiger partial charge < -0.3 is 19.9 Å². The normalized spacial score (nSPS) is 23.8. The first kappa shape index (κ1) is 24.0. The van der Waals surface area contributed by atoms with E-state index in [0.717, 1.165) is 18.7 Å². The molecule has 0 amide bonds. The number of nitrogens with two attached hydrogens (primary N) is 1. The van der Waals surface area contributed by atoms with Crippen LogP contribution in [0.25, 0.3) is 16.7 Å². The molecule has 7 rings (SSSR count). The van der Waals surface area contributed by atoms with Gasteiger partial charge in [0.1, 0.15) is 12.0 Å². The quantitative estimate of drug-likeness (QED) is 0.527. The Morgan fingerprint density at radius 1 is 1.00 bits per heavy atom. The van der Waals surface area contributed by atoms with Gasteiger partial charge in [-0.2, -0.15) is 9.97 Å². The third-order valence-electron chi connectivity index (χ3n) is 7.58. The molecular formula is C27H33FN8O. The molecule has 1 aromatic carbocycles. The second-order valence-electron chi connectivity index (χ2n) is 10.1. The molecule has 4 aliphatic heterocycles. The van der Waals surface area contributed by atoms with Crippen LogP contribution in [0.5, 0.6) is 6.01 Å². The van der Waals surface area contributed by atoms with E-state index in [-0.39, 0.29) is 18.2 Å². The van der Waals surface area contributed by atoms with Crippen molar-refractivity contribution in [2.75, 3.05) is 38.5 Å². The standard InChI is InChI=1S/C27H33FN8O/c1-2-37-27-32-24(29)23-26(33-27)36(25(31-23)20-13-21(28)15-30-14-20)17-19-5-3-18(4-6-19)16-35-12-11-34-9-7-22(35)8-10-34/h3-6,14-15,21-22H,2,7-13,16-17H2,1H3,(H2,29,32,33). The van der Waals surface area contributed by atoms with Gasteiger partial charge in [0.25, 0.3) is 0 Å². The average molecular weight is 505 g/mol. The summed E-state index contributed by atoms with van der Waals surface area (Å²) < 4.78 is 21.7. The van der Waals surface area contributed by atoms with E-state index in [4.69, 9.17) is 15.5 Å². The minimum absolute atomic E-state index is 0.200. The number of nitrogens with zero attached hydrogens (tertiary/aromatic N) is 7. The number of piperidine rings is 1. The Balaban J connectivity index is 1.30. The number of nitrogen functional groups attached to an aromatic ring is 1. The average Bonchev–Trinajstić information content (AvgIpc) is 3.02. The van der Waals surface area contributed by atoms with Crippen molar-refractivity contribution in [3.63, 3.8) is 0 Å². The maximum atomic E-state index is 14.2. The first-order valence-electron chi connectivity index (χ1n) is 13.1. The lowest BCUT2D eigenvalue weighted by molar-refractivity contribution is 0.176. The number of allylic oxidation sites excluding steroid dienone is 1. The zero-order valence-electron chi connectivity index (χ0n) is 21.2. The summed E-state index contributed by atoms with van der Waals surface area (Å²) in [6.07, 6.45) is 4.55. The Morgan fingerprint density at radius 3 is 2.49 bits per heavy atom.